The van der Waals surface area contributed by atoms with E-state index in [2.05, 4.69) is 76.3 Å². The van der Waals surface area contributed by atoms with Gasteiger partial charge in [0.1, 0.15) is 19.3 Å². The van der Waals surface area contributed by atoms with Crippen molar-refractivity contribution in [3.05, 3.63) is 48.6 Å². The van der Waals surface area contributed by atoms with Gasteiger partial charge in [-0.25, -0.2) is 9.13 Å². The number of allylic oxidation sites excluding steroid dienone is 8. The largest absolute Gasteiger partial charge is 0.472 e. The Kier molecular flexibility index (Phi) is 68.3. The topological polar surface area (TPSA) is 237 Å². The second-order valence-electron chi connectivity index (χ2n) is 26.3. The van der Waals surface area contributed by atoms with Crippen LogP contribution in [0.5, 0.6) is 0 Å². The third-order valence-electron chi connectivity index (χ3n) is 16.8. The number of aliphatic hydroxyl groups is 1. The van der Waals surface area contributed by atoms with Crippen molar-refractivity contribution in [3.63, 3.8) is 0 Å². The van der Waals surface area contributed by atoms with Gasteiger partial charge >= 0.3 is 39.5 Å². The first-order valence-corrected chi connectivity index (χ1v) is 41.9. The molecule has 0 spiro atoms. The van der Waals surface area contributed by atoms with Crippen molar-refractivity contribution in [2.24, 2.45) is 0 Å². The van der Waals surface area contributed by atoms with Crippen molar-refractivity contribution in [2.75, 3.05) is 39.6 Å². The second kappa shape index (κ2) is 70.5. The van der Waals surface area contributed by atoms with Gasteiger partial charge in [0.2, 0.25) is 0 Å². The van der Waals surface area contributed by atoms with Crippen LogP contribution in [0.15, 0.2) is 48.6 Å². The highest BCUT2D eigenvalue weighted by Crippen LogP contribution is 2.45. The molecule has 562 valence electrons. The first-order valence-electron chi connectivity index (χ1n) is 38.9. The van der Waals surface area contributed by atoms with E-state index in [1.54, 1.807) is 0 Å². The Morgan fingerprint density at radius 1 is 0.292 bits per heavy atom. The van der Waals surface area contributed by atoms with Gasteiger partial charge in [-0.2, -0.15) is 0 Å². The quantitative estimate of drug-likeness (QED) is 0.0169. The predicted octanol–water partition coefficient (Wildman–Crippen LogP) is 22.1. The average Bonchev–Trinajstić information content (AvgIpc) is 1.14. The van der Waals surface area contributed by atoms with Crippen LogP contribution >= 0.6 is 15.6 Å². The predicted molar refractivity (Wildman–Crippen MR) is 390 cm³/mol. The van der Waals surface area contributed by atoms with Crippen LogP contribution in [0.3, 0.4) is 0 Å². The molecule has 0 aliphatic carbocycles. The minimum absolute atomic E-state index is 0.0882. The number of aliphatic hydroxyl groups excluding tert-OH is 1. The van der Waals surface area contributed by atoms with Crippen molar-refractivity contribution in [1.29, 1.82) is 0 Å². The second-order valence-corrected chi connectivity index (χ2v) is 29.2. The van der Waals surface area contributed by atoms with E-state index in [-0.39, 0.29) is 25.7 Å². The minimum Gasteiger partial charge on any atom is -0.462 e. The summed E-state index contributed by atoms with van der Waals surface area (Å²) in [5.41, 5.74) is 0. The lowest BCUT2D eigenvalue weighted by Crippen LogP contribution is -2.30. The smallest absolute Gasteiger partial charge is 0.462 e. The summed E-state index contributed by atoms with van der Waals surface area (Å²) >= 11 is 0. The molecule has 0 aromatic rings. The molecule has 0 heterocycles. The summed E-state index contributed by atoms with van der Waals surface area (Å²) in [4.78, 5) is 72.8. The zero-order valence-corrected chi connectivity index (χ0v) is 63.1. The molecule has 0 radical (unpaired) electrons. The Morgan fingerprint density at radius 2 is 0.510 bits per heavy atom. The molecule has 0 aromatic heterocycles. The lowest BCUT2D eigenvalue weighted by molar-refractivity contribution is -0.161. The molecule has 3 N–H and O–H groups in total. The number of phosphoric ester groups is 2. The number of unbranched alkanes of at least 4 members (excludes halogenated alkanes) is 40. The molecule has 0 bridgehead atoms. The molecule has 0 saturated heterocycles. The number of carbonyl (C=O) groups is 4. The van der Waals surface area contributed by atoms with Crippen molar-refractivity contribution in [2.45, 2.75) is 380 Å². The molecular formula is C77H142O17P2. The highest BCUT2D eigenvalue weighted by atomic mass is 31.2. The summed E-state index contributed by atoms with van der Waals surface area (Å²) in [6, 6.07) is 0. The normalized spacial score (nSPS) is 14.2. The average molecular weight is 1400 g/mol. The molecule has 0 amide bonds. The van der Waals surface area contributed by atoms with Crippen LogP contribution in [0.2, 0.25) is 0 Å². The molecule has 19 heteroatoms. The Balaban J connectivity index is 5.32. The van der Waals surface area contributed by atoms with Crippen LogP contribution < -0.4 is 0 Å². The maximum absolute atomic E-state index is 13.1. The summed E-state index contributed by atoms with van der Waals surface area (Å²) < 4.78 is 68.5. The van der Waals surface area contributed by atoms with E-state index in [4.69, 9.17) is 37.0 Å². The zero-order chi connectivity index (χ0) is 70.4. The Hall–Kier alpha value is -2.98. The fourth-order valence-electron chi connectivity index (χ4n) is 10.8. The molecule has 96 heavy (non-hydrogen) atoms. The van der Waals surface area contributed by atoms with Crippen LogP contribution in [0, 0.1) is 0 Å². The first-order chi connectivity index (χ1) is 46.7. The van der Waals surface area contributed by atoms with E-state index in [9.17, 15) is 43.2 Å². The number of ether oxygens (including phenoxy) is 4. The van der Waals surface area contributed by atoms with Crippen LogP contribution in [-0.4, -0.2) is 96.7 Å². The van der Waals surface area contributed by atoms with Crippen LogP contribution in [0.1, 0.15) is 362 Å². The fourth-order valence-corrected chi connectivity index (χ4v) is 12.3. The molecule has 2 unspecified atom stereocenters. The molecule has 0 aliphatic rings. The van der Waals surface area contributed by atoms with Crippen LogP contribution in [0.25, 0.3) is 0 Å². The third-order valence-corrected chi connectivity index (χ3v) is 18.7. The molecule has 0 saturated carbocycles. The van der Waals surface area contributed by atoms with Crippen LogP contribution in [-0.2, 0) is 65.4 Å². The lowest BCUT2D eigenvalue weighted by atomic mass is 10.0. The van der Waals surface area contributed by atoms with E-state index >= 15 is 0 Å². The highest BCUT2D eigenvalue weighted by Gasteiger charge is 2.30. The number of carbonyl (C=O) groups excluding carboxylic acids is 4. The van der Waals surface area contributed by atoms with E-state index in [1.165, 1.54) is 135 Å². The number of phosphoric acid groups is 2. The summed E-state index contributed by atoms with van der Waals surface area (Å²) in [6.07, 6.45) is 66.6. The number of esters is 4. The molecule has 0 aliphatic heterocycles. The Morgan fingerprint density at radius 3 is 0.812 bits per heavy atom. The lowest BCUT2D eigenvalue weighted by Gasteiger charge is -2.21. The third kappa shape index (κ3) is 69.5. The Labute approximate surface area is 585 Å². The van der Waals surface area contributed by atoms with Gasteiger partial charge < -0.3 is 33.8 Å². The van der Waals surface area contributed by atoms with Crippen LogP contribution in [0.4, 0.5) is 0 Å². The maximum Gasteiger partial charge on any atom is 0.472 e. The van der Waals surface area contributed by atoms with Crippen molar-refractivity contribution in [1.82, 2.24) is 0 Å². The summed E-state index contributed by atoms with van der Waals surface area (Å²) in [5, 5.41) is 10.6. The van der Waals surface area contributed by atoms with Gasteiger partial charge in [-0.15, -0.1) is 0 Å². The standard InChI is InChI=1S/C77H142O17P2/c1-5-9-13-17-21-25-29-33-35-39-41-45-49-53-57-61-74(79)87-67-72(93-76(81)63-59-55-51-47-43-37-31-27-23-19-15-11-7-3)69-91-95(83,84)89-65-71(78)66-90-96(85,86)92-70-73(94-77(82)64-60-56-52-48-44-38-32-28-24-20-16-12-8-4)68-88-75(80)62-58-54-50-46-42-40-36-34-30-26-22-18-14-10-6-2/h21,25,28,32-36,71-73,78H,5-20,22-24,26-27,29-31,37-70H2,1-4H3,(H,83,84)(H,85,86)/b25-21-,32-28-,35-33-,36-34-/t71-,72-,73-/m1/s1. The van der Waals surface area contributed by atoms with Gasteiger partial charge in [0.05, 0.1) is 26.4 Å². The summed E-state index contributed by atoms with van der Waals surface area (Å²) in [5.74, 6) is -2.17. The SMILES string of the molecule is CCCCC/C=C\C/C=C\CCCCCCCC(=O)OC[C@H](COP(=O)(O)OC[C@@H](O)COP(=O)(O)OC[C@@H](COC(=O)CCCCCCC/C=C\CCCCCCCC)OC(=O)CCCCCCC/C=C\CCCCCC)OC(=O)CCCCCCCCCCCCCCC. The summed E-state index contributed by atoms with van der Waals surface area (Å²) in [7, 11) is -9.93. The zero-order valence-electron chi connectivity index (χ0n) is 61.3. The molecular weight excluding hydrogens is 1260 g/mol. The minimum atomic E-state index is -4.97. The molecule has 17 nitrogen and oxygen atoms in total. The molecule has 0 aromatic carbocycles. The van der Waals surface area contributed by atoms with E-state index in [0.717, 1.165) is 148 Å². The van der Waals surface area contributed by atoms with Gasteiger partial charge in [0, 0.05) is 25.7 Å². The van der Waals surface area contributed by atoms with Gasteiger partial charge in [0.15, 0.2) is 12.2 Å². The molecule has 0 rings (SSSR count). The first kappa shape index (κ1) is 93.0. The monoisotopic (exact) mass is 1400 g/mol. The van der Waals surface area contributed by atoms with Gasteiger partial charge in [-0.1, -0.05) is 275 Å². The van der Waals surface area contributed by atoms with Crippen molar-refractivity contribution < 1.29 is 80.2 Å². The molecule has 0 fully saturated rings. The molecule has 5 atom stereocenters. The summed E-state index contributed by atoms with van der Waals surface area (Å²) in [6.45, 7) is 4.86. The number of hydrogen-bond acceptors (Lipinski definition) is 15. The van der Waals surface area contributed by atoms with Gasteiger partial charge in [0.25, 0.3) is 0 Å². The number of rotatable bonds is 74. The maximum atomic E-state index is 13.1. The van der Waals surface area contributed by atoms with Gasteiger partial charge in [-0.05, 0) is 109 Å². The van der Waals surface area contributed by atoms with Gasteiger partial charge in [-0.3, -0.25) is 37.3 Å². The van der Waals surface area contributed by atoms with E-state index < -0.39 is 97.5 Å². The highest BCUT2D eigenvalue weighted by molar-refractivity contribution is 7.47. The Bertz CT molecular complexity index is 2010. The van der Waals surface area contributed by atoms with E-state index in [0.29, 0.717) is 25.7 Å². The van der Waals surface area contributed by atoms with Crippen molar-refractivity contribution in [3.8, 4) is 0 Å². The van der Waals surface area contributed by atoms with E-state index in [1.807, 2.05) is 0 Å². The number of hydrogen-bond donors (Lipinski definition) is 3. The van der Waals surface area contributed by atoms with Crippen molar-refractivity contribution >= 4 is 39.5 Å². The fraction of sp³-hybridized carbons (Fsp3) is 0.844.